The minimum Gasteiger partial charge on any atom is -0.330 e. The average molecular weight is 283 g/mol. The van der Waals surface area contributed by atoms with Gasteiger partial charge in [0.05, 0.1) is 0 Å². The largest absolute Gasteiger partial charge is 0.330 e. The van der Waals surface area contributed by atoms with E-state index in [-0.39, 0.29) is 0 Å². The smallest absolute Gasteiger partial charge is 0.00845 e. The van der Waals surface area contributed by atoms with E-state index in [1.807, 2.05) is 0 Å². The van der Waals surface area contributed by atoms with Gasteiger partial charge in [-0.1, -0.05) is 56.2 Å². The van der Waals surface area contributed by atoms with Crippen LogP contribution in [0.25, 0.3) is 0 Å². The first-order valence-corrected chi connectivity index (χ1v) is 6.20. The summed E-state index contributed by atoms with van der Waals surface area (Å²) in [6.07, 6.45) is 3.89. The van der Waals surface area contributed by atoms with Crippen LogP contribution in [0.15, 0.2) is 0 Å². The van der Waals surface area contributed by atoms with Crippen LogP contribution in [0.3, 0.4) is 0 Å². The van der Waals surface area contributed by atoms with Crippen LogP contribution in [0, 0.1) is 11.8 Å². The molecule has 0 saturated heterocycles. The van der Waals surface area contributed by atoms with E-state index in [1.165, 1.54) is 19.3 Å². The molecule has 0 bridgehead atoms. The molecule has 0 fully saturated rings. The molecule has 0 radical (unpaired) electrons. The fraction of sp³-hybridized carbons (Fsp3) is 1.00. The first kappa shape index (κ1) is 12.7. The highest BCUT2D eigenvalue weighted by Crippen LogP contribution is 2.23. The number of halogens is 1. The van der Waals surface area contributed by atoms with Crippen molar-refractivity contribution in [3.8, 4) is 0 Å². The summed E-state index contributed by atoms with van der Waals surface area (Å²) in [6.45, 7) is 7.70. The van der Waals surface area contributed by atoms with Gasteiger partial charge in [-0.15, -0.1) is 0 Å². The molecule has 74 valence electrons. The third-order valence-electron chi connectivity index (χ3n) is 2.48. The molecular formula is C10H22IN. The molecule has 0 amide bonds. The normalized spacial score (nSPS) is 18.8. The Bertz CT molecular complexity index is 104. The SMILES string of the molecule is CCCC(C)C(CN)CC(C)I. The van der Waals surface area contributed by atoms with E-state index in [2.05, 4.69) is 43.4 Å². The van der Waals surface area contributed by atoms with Crippen molar-refractivity contribution in [1.29, 1.82) is 0 Å². The molecule has 0 saturated carbocycles. The number of hydrogen-bond donors (Lipinski definition) is 1. The van der Waals surface area contributed by atoms with E-state index in [4.69, 9.17) is 5.73 Å². The van der Waals surface area contributed by atoms with Gasteiger partial charge in [-0.2, -0.15) is 0 Å². The number of rotatable bonds is 6. The quantitative estimate of drug-likeness (QED) is 0.588. The van der Waals surface area contributed by atoms with E-state index >= 15 is 0 Å². The predicted molar refractivity (Wildman–Crippen MR) is 64.7 cm³/mol. The highest BCUT2D eigenvalue weighted by atomic mass is 127. The van der Waals surface area contributed by atoms with Crippen molar-refractivity contribution in [2.45, 2.75) is 44.0 Å². The summed E-state index contributed by atoms with van der Waals surface area (Å²) < 4.78 is 0.760. The van der Waals surface area contributed by atoms with Crippen LogP contribution in [0.1, 0.15) is 40.0 Å². The second kappa shape index (κ2) is 7.13. The van der Waals surface area contributed by atoms with Gasteiger partial charge in [0.15, 0.2) is 0 Å². The Morgan fingerprint density at radius 1 is 1.33 bits per heavy atom. The van der Waals surface area contributed by atoms with Crippen LogP contribution >= 0.6 is 22.6 Å². The van der Waals surface area contributed by atoms with Crippen molar-refractivity contribution in [2.24, 2.45) is 17.6 Å². The zero-order valence-corrected chi connectivity index (χ0v) is 10.7. The molecule has 12 heavy (non-hydrogen) atoms. The first-order chi connectivity index (χ1) is 5.61. The van der Waals surface area contributed by atoms with Gasteiger partial charge >= 0.3 is 0 Å². The van der Waals surface area contributed by atoms with Crippen molar-refractivity contribution in [2.75, 3.05) is 6.54 Å². The minimum absolute atomic E-state index is 0.733. The Morgan fingerprint density at radius 3 is 2.25 bits per heavy atom. The van der Waals surface area contributed by atoms with Crippen molar-refractivity contribution in [3.05, 3.63) is 0 Å². The molecule has 1 nitrogen and oxygen atoms in total. The number of alkyl halides is 1. The van der Waals surface area contributed by atoms with Gasteiger partial charge in [0.2, 0.25) is 0 Å². The summed E-state index contributed by atoms with van der Waals surface area (Å²) in [5.74, 6) is 1.54. The van der Waals surface area contributed by atoms with Crippen LogP contribution in [-0.4, -0.2) is 10.5 Å². The summed E-state index contributed by atoms with van der Waals surface area (Å²) in [7, 11) is 0. The van der Waals surface area contributed by atoms with Crippen LogP contribution < -0.4 is 5.73 Å². The molecule has 3 unspecified atom stereocenters. The summed E-state index contributed by atoms with van der Waals surface area (Å²) >= 11 is 2.49. The lowest BCUT2D eigenvalue weighted by molar-refractivity contribution is 0.326. The van der Waals surface area contributed by atoms with Crippen molar-refractivity contribution < 1.29 is 0 Å². The van der Waals surface area contributed by atoms with Gasteiger partial charge in [-0.3, -0.25) is 0 Å². The standard InChI is InChI=1S/C10H22IN/c1-4-5-8(2)10(7-12)6-9(3)11/h8-10H,4-7,12H2,1-3H3. The molecule has 0 aliphatic heterocycles. The summed E-state index contributed by atoms with van der Waals surface area (Å²) in [6, 6.07) is 0. The molecule has 0 aromatic rings. The molecule has 0 aliphatic carbocycles. The Labute approximate surface area is 90.6 Å². The van der Waals surface area contributed by atoms with Crippen LogP contribution in [0.5, 0.6) is 0 Å². The predicted octanol–water partition coefficient (Wildman–Crippen LogP) is 3.21. The highest BCUT2D eigenvalue weighted by Gasteiger charge is 2.16. The topological polar surface area (TPSA) is 26.0 Å². The molecule has 0 spiro atoms. The van der Waals surface area contributed by atoms with Crippen molar-refractivity contribution >= 4 is 22.6 Å². The van der Waals surface area contributed by atoms with Gasteiger partial charge < -0.3 is 5.73 Å². The van der Waals surface area contributed by atoms with Gasteiger partial charge in [-0.25, -0.2) is 0 Å². The maximum atomic E-state index is 5.75. The maximum Gasteiger partial charge on any atom is 0.00845 e. The molecular weight excluding hydrogens is 261 g/mol. The molecule has 0 aromatic carbocycles. The van der Waals surface area contributed by atoms with Gasteiger partial charge in [0.25, 0.3) is 0 Å². The summed E-state index contributed by atoms with van der Waals surface area (Å²) in [5, 5.41) is 0. The molecule has 0 aromatic heterocycles. The lowest BCUT2D eigenvalue weighted by Crippen LogP contribution is -2.23. The molecule has 0 aliphatic rings. The third kappa shape index (κ3) is 5.36. The number of hydrogen-bond acceptors (Lipinski definition) is 1. The van der Waals surface area contributed by atoms with Crippen LogP contribution in [0.2, 0.25) is 0 Å². The fourth-order valence-corrected chi connectivity index (χ4v) is 2.32. The summed E-state index contributed by atoms with van der Waals surface area (Å²) in [4.78, 5) is 0. The van der Waals surface area contributed by atoms with E-state index in [1.54, 1.807) is 0 Å². The Balaban J connectivity index is 3.78. The lowest BCUT2D eigenvalue weighted by Gasteiger charge is -2.23. The highest BCUT2D eigenvalue weighted by molar-refractivity contribution is 14.1. The third-order valence-corrected chi connectivity index (χ3v) is 2.99. The minimum atomic E-state index is 0.733. The monoisotopic (exact) mass is 283 g/mol. The van der Waals surface area contributed by atoms with Gasteiger partial charge in [0, 0.05) is 3.92 Å². The zero-order valence-electron chi connectivity index (χ0n) is 8.52. The van der Waals surface area contributed by atoms with Crippen molar-refractivity contribution in [1.82, 2.24) is 0 Å². The maximum absolute atomic E-state index is 5.75. The van der Waals surface area contributed by atoms with E-state index in [0.717, 1.165) is 22.3 Å². The lowest BCUT2D eigenvalue weighted by atomic mass is 9.87. The summed E-state index contributed by atoms with van der Waals surface area (Å²) in [5.41, 5.74) is 5.75. The first-order valence-electron chi connectivity index (χ1n) is 4.95. The molecule has 3 atom stereocenters. The second-order valence-corrected chi connectivity index (χ2v) is 5.90. The zero-order chi connectivity index (χ0) is 9.56. The van der Waals surface area contributed by atoms with Crippen molar-refractivity contribution in [3.63, 3.8) is 0 Å². The van der Waals surface area contributed by atoms with Gasteiger partial charge in [0.1, 0.15) is 0 Å². The average Bonchev–Trinajstić information content (AvgIpc) is 2.00. The Hall–Kier alpha value is 0.690. The van der Waals surface area contributed by atoms with E-state index < -0.39 is 0 Å². The Morgan fingerprint density at radius 2 is 1.92 bits per heavy atom. The second-order valence-electron chi connectivity index (χ2n) is 3.78. The van der Waals surface area contributed by atoms with E-state index in [9.17, 15) is 0 Å². The molecule has 0 rings (SSSR count). The fourth-order valence-electron chi connectivity index (χ4n) is 1.67. The molecule has 2 N–H and O–H groups in total. The van der Waals surface area contributed by atoms with Crippen LogP contribution in [-0.2, 0) is 0 Å². The van der Waals surface area contributed by atoms with Gasteiger partial charge in [-0.05, 0) is 24.8 Å². The van der Waals surface area contributed by atoms with E-state index in [0.29, 0.717) is 0 Å². The Kier molecular flexibility index (Phi) is 7.54. The molecule has 2 heteroatoms. The van der Waals surface area contributed by atoms with Crippen LogP contribution in [0.4, 0.5) is 0 Å². The number of nitrogens with two attached hydrogens (primary N) is 1. The molecule has 0 heterocycles.